The van der Waals surface area contributed by atoms with E-state index in [0.717, 1.165) is 22.8 Å². The molecular weight excluding hydrogens is 623 g/mol. The number of thiazole rings is 1. The van der Waals surface area contributed by atoms with Gasteiger partial charge in [-0.3, -0.25) is 4.90 Å². The van der Waals surface area contributed by atoms with Gasteiger partial charge in [-0.15, -0.1) is 15.6 Å². The van der Waals surface area contributed by atoms with Gasteiger partial charge >= 0.3 is 25.0 Å². The molecule has 1 aliphatic heterocycles. The second-order valence-electron chi connectivity index (χ2n) is 8.15. The normalized spacial score (nSPS) is 15.2. The molecule has 0 saturated carbocycles. The number of hydrogen-bond donors (Lipinski definition) is 1. The second kappa shape index (κ2) is 13.6. The van der Waals surface area contributed by atoms with Crippen molar-refractivity contribution in [3.63, 3.8) is 0 Å². The maximum atomic E-state index is 15.2. The van der Waals surface area contributed by atoms with Gasteiger partial charge in [0.15, 0.2) is 22.3 Å². The number of benzene rings is 2. The molecule has 2 heterocycles. The van der Waals surface area contributed by atoms with Gasteiger partial charge in [0.25, 0.3) is 10.0 Å². The Balaban J connectivity index is 0.00000253. The number of likely N-dealkylation sites (tertiary alicyclic amines) is 1. The molecule has 3 aromatic rings. The fourth-order valence-corrected chi connectivity index (χ4v) is 6.59. The molecule has 1 fully saturated rings. The minimum absolute atomic E-state index is 0. The van der Waals surface area contributed by atoms with Gasteiger partial charge < -0.3 is 22.3 Å². The van der Waals surface area contributed by atoms with Crippen LogP contribution in [-0.2, 0) is 10.0 Å². The molecule has 0 aliphatic carbocycles. The Labute approximate surface area is 249 Å². The molecule has 1 aliphatic rings. The van der Waals surface area contributed by atoms with Crippen molar-refractivity contribution < 1.29 is 63.1 Å². The zero-order chi connectivity index (χ0) is 26.0. The number of piperidine rings is 1. The largest absolute Gasteiger partial charge is 1.00 e. The summed E-state index contributed by atoms with van der Waals surface area (Å²) in [6.45, 7) is 3.52. The predicted molar refractivity (Wildman–Crippen MR) is 134 cm³/mol. The molecule has 8 nitrogen and oxygen atoms in total. The van der Waals surface area contributed by atoms with Gasteiger partial charge in [0, 0.05) is 30.6 Å². The first-order chi connectivity index (χ1) is 17.1. The number of aromatic nitrogens is 1. The van der Waals surface area contributed by atoms with Gasteiger partial charge in [-0.25, -0.2) is 27.0 Å². The molecule has 15 heteroatoms. The first-order valence-electron chi connectivity index (χ1n) is 10.9. The molecule has 0 spiro atoms. The van der Waals surface area contributed by atoms with E-state index >= 15 is 4.39 Å². The van der Waals surface area contributed by atoms with E-state index < -0.39 is 42.9 Å². The fourth-order valence-electron chi connectivity index (χ4n) is 4.10. The minimum atomic E-state index is -5.16. The van der Waals surface area contributed by atoms with Gasteiger partial charge in [0.1, 0.15) is 11.9 Å². The molecule has 1 atom stereocenters. The zero-order valence-corrected chi connectivity index (χ0v) is 24.3. The number of rotatable bonds is 7. The summed E-state index contributed by atoms with van der Waals surface area (Å²) in [5.41, 5.74) is 2.39. The van der Waals surface area contributed by atoms with E-state index in [1.807, 2.05) is 18.2 Å². The topological polar surface area (TPSA) is 100 Å². The van der Waals surface area contributed by atoms with Crippen molar-refractivity contribution >= 4 is 49.2 Å². The van der Waals surface area contributed by atoms with E-state index in [9.17, 15) is 22.7 Å². The van der Waals surface area contributed by atoms with Crippen LogP contribution >= 0.6 is 27.3 Å². The first-order valence-corrected chi connectivity index (χ1v) is 14.1. The van der Waals surface area contributed by atoms with E-state index in [0.29, 0.717) is 25.9 Å². The number of nitrogens with zero attached hydrogens (tertiary/aromatic N) is 3. The minimum Gasteiger partial charge on any atom is -1.00 e. The van der Waals surface area contributed by atoms with Crippen LogP contribution in [0, 0.1) is 11.6 Å². The van der Waals surface area contributed by atoms with Gasteiger partial charge in [-0.05, 0) is 41.3 Å². The molecule has 38 heavy (non-hydrogen) atoms. The number of carboxylic acid groups (broad SMARTS) is 1. The van der Waals surface area contributed by atoms with Crippen LogP contribution in [0.1, 0.15) is 31.4 Å². The van der Waals surface area contributed by atoms with Gasteiger partial charge in [-0.1, -0.05) is 30.3 Å². The van der Waals surface area contributed by atoms with Crippen molar-refractivity contribution in [1.82, 2.24) is 9.88 Å². The van der Waals surface area contributed by atoms with Crippen molar-refractivity contribution in [2.75, 3.05) is 17.4 Å². The third kappa shape index (κ3) is 6.70. The van der Waals surface area contributed by atoms with Crippen molar-refractivity contribution in [3.05, 3.63) is 69.0 Å². The van der Waals surface area contributed by atoms with Crippen LogP contribution in [0.2, 0.25) is 0 Å². The third-order valence-corrected chi connectivity index (χ3v) is 9.01. The van der Waals surface area contributed by atoms with Gasteiger partial charge in [-0.2, -0.15) is 0 Å². The number of halogens is 4. The average Bonchev–Trinajstić information content (AvgIpc) is 3.36. The van der Waals surface area contributed by atoms with Crippen molar-refractivity contribution in [3.8, 4) is 5.75 Å². The molecule has 200 valence electrons. The smallest absolute Gasteiger partial charge is 1.00 e. The molecule has 4 rings (SSSR count). The van der Waals surface area contributed by atoms with Crippen LogP contribution in [0.5, 0.6) is 5.75 Å². The first kappa shape index (κ1) is 32.5. The summed E-state index contributed by atoms with van der Waals surface area (Å²) in [5.74, 6) is -3.64. The van der Waals surface area contributed by atoms with Crippen molar-refractivity contribution in [2.24, 2.45) is 0 Å². The molecule has 2 aromatic carbocycles. The molecule has 1 N–H and O–H groups in total. The van der Waals surface area contributed by atoms with E-state index in [4.69, 9.17) is 4.74 Å². The number of carbonyl (C=O) groups is 1. The molecule has 0 radical (unpaired) electrons. The third-order valence-electron chi connectivity index (χ3n) is 5.98. The molecule has 1 amide bonds. The summed E-state index contributed by atoms with van der Waals surface area (Å²) >= 11 is 3.89. The fraction of sp³-hybridized carbons (Fsp3) is 0.304. The summed E-state index contributed by atoms with van der Waals surface area (Å²) in [6.07, 6.45) is -1.09. The molecule has 1 aromatic heterocycles. The maximum absolute atomic E-state index is 15.2. The van der Waals surface area contributed by atoms with Crippen LogP contribution in [-0.4, -0.2) is 48.7 Å². The van der Waals surface area contributed by atoms with E-state index in [-0.39, 0.29) is 53.5 Å². The quantitative estimate of drug-likeness (QED) is 0.278. The standard InChI is InChI=1S/C23H22BrF2N3O5S2.ClH.Li/c1-14(15-5-3-2-4-6-15)28-9-7-16(8-10-28)34-18-11-17(25)22(21(26)20(18)24)36(32,33)29(23(30)31)19-12-35-13-27-19;;/h2-6,11-14,16H,7-10H2,1H3,(H,30,31);1H;/q;;+1/p-1/t14-;;/m1../s1. The Kier molecular flexibility index (Phi) is 11.6. The van der Waals surface area contributed by atoms with Crippen LogP contribution in [0.25, 0.3) is 0 Å². The summed E-state index contributed by atoms with van der Waals surface area (Å²) in [7, 11) is -5.16. The van der Waals surface area contributed by atoms with Crippen LogP contribution in [0.4, 0.5) is 19.4 Å². The maximum Gasteiger partial charge on any atom is 1.00 e. The summed E-state index contributed by atoms with van der Waals surface area (Å²) in [4.78, 5) is 16.2. The number of sulfonamides is 1. The number of hydrogen-bond acceptors (Lipinski definition) is 7. The van der Waals surface area contributed by atoms with Crippen LogP contribution < -0.4 is 40.3 Å². The molecule has 0 unspecified atom stereocenters. The Morgan fingerprint density at radius 3 is 2.45 bits per heavy atom. The Hall–Kier alpha value is -1.72. The van der Waals surface area contributed by atoms with E-state index in [2.05, 4.69) is 44.9 Å². The zero-order valence-electron chi connectivity index (χ0n) is 20.4. The monoisotopic (exact) mass is 643 g/mol. The van der Waals surface area contributed by atoms with Gasteiger partial charge in [0.2, 0.25) is 0 Å². The predicted octanol–water partition coefficient (Wildman–Crippen LogP) is -0.330. The summed E-state index contributed by atoms with van der Waals surface area (Å²) in [6, 6.07) is 11.0. The van der Waals surface area contributed by atoms with Crippen LogP contribution in [0.3, 0.4) is 0 Å². The Morgan fingerprint density at radius 1 is 1.26 bits per heavy atom. The van der Waals surface area contributed by atoms with Crippen LogP contribution in [0.15, 0.2) is 56.7 Å². The van der Waals surface area contributed by atoms with E-state index in [1.165, 1.54) is 11.1 Å². The summed E-state index contributed by atoms with van der Waals surface area (Å²) in [5, 5.41) is 10.6. The Morgan fingerprint density at radius 2 is 1.89 bits per heavy atom. The number of anilines is 1. The van der Waals surface area contributed by atoms with Crippen molar-refractivity contribution in [2.45, 2.75) is 36.8 Å². The molecular formula is C23H22BrClF2LiN3O5S2. The van der Waals surface area contributed by atoms with E-state index in [1.54, 1.807) is 0 Å². The average molecular weight is 645 g/mol. The molecule has 1 saturated heterocycles. The molecule has 0 bridgehead atoms. The number of ether oxygens (including phenoxy) is 1. The second-order valence-corrected chi connectivity index (χ2v) is 11.4. The number of amides is 1. The van der Waals surface area contributed by atoms with Crippen molar-refractivity contribution in [1.29, 1.82) is 0 Å². The van der Waals surface area contributed by atoms with Gasteiger partial charge in [0.05, 0.1) is 9.98 Å². The Bertz CT molecular complexity index is 1350. The SMILES string of the molecule is C[C@H](c1ccccc1)N1CCC(Oc2cc(F)c(S(=O)(=O)N(C(=O)O)c3cscn3)c(F)c2Br)CC1.[Cl-].[Li+]. The summed E-state index contributed by atoms with van der Waals surface area (Å²) < 4.78 is 61.4.